The Bertz CT molecular complexity index is 142. The van der Waals surface area contributed by atoms with Crippen LogP contribution in [0.3, 0.4) is 0 Å². The van der Waals surface area contributed by atoms with Gasteiger partial charge in [-0.1, -0.05) is 20.3 Å². The molecule has 64 valence electrons. The third kappa shape index (κ3) is 1.44. The van der Waals surface area contributed by atoms with Gasteiger partial charge >= 0.3 is 0 Å². The van der Waals surface area contributed by atoms with E-state index in [4.69, 9.17) is 0 Å². The molecule has 0 saturated heterocycles. The molecule has 0 unspecified atom stereocenters. The van der Waals surface area contributed by atoms with E-state index in [9.17, 15) is 0 Å². The lowest BCUT2D eigenvalue weighted by atomic mass is 9.95. The Kier molecular flexibility index (Phi) is 1.92. The summed E-state index contributed by atoms with van der Waals surface area (Å²) in [4.78, 5) is 0. The lowest BCUT2D eigenvalue weighted by Gasteiger charge is -2.24. The third-order valence-corrected chi connectivity index (χ3v) is 3.29. The van der Waals surface area contributed by atoms with Gasteiger partial charge in [0.1, 0.15) is 0 Å². The van der Waals surface area contributed by atoms with E-state index in [2.05, 4.69) is 19.2 Å². The van der Waals surface area contributed by atoms with Crippen LogP contribution in [0.5, 0.6) is 0 Å². The van der Waals surface area contributed by atoms with Crippen LogP contribution >= 0.6 is 0 Å². The highest BCUT2D eigenvalue weighted by molar-refractivity contribution is 4.94. The third-order valence-electron chi connectivity index (χ3n) is 3.29. The second-order valence-electron chi connectivity index (χ2n) is 4.60. The van der Waals surface area contributed by atoms with E-state index in [1.165, 1.54) is 25.7 Å². The lowest BCUT2D eigenvalue weighted by molar-refractivity contribution is 0.332. The minimum Gasteiger partial charge on any atom is -0.311 e. The van der Waals surface area contributed by atoms with E-state index in [-0.39, 0.29) is 0 Å². The van der Waals surface area contributed by atoms with Crippen molar-refractivity contribution in [3.63, 3.8) is 0 Å². The summed E-state index contributed by atoms with van der Waals surface area (Å²) in [6.45, 7) is 4.51. The van der Waals surface area contributed by atoms with Crippen molar-refractivity contribution in [1.29, 1.82) is 0 Å². The van der Waals surface area contributed by atoms with Gasteiger partial charge in [0.25, 0.3) is 0 Å². The maximum Gasteiger partial charge on any atom is 0.0100 e. The average Bonchev–Trinajstić information content (AvgIpc) is 2.45. The molecule has 0 aromatic heterocycles. The lowest BCUT2D eigenvalue weighted by Crippen LogP contribution is -2.38. The highest BCUT2D eigenvalue weighted by atomic mass is 15.0. The van der Waals surface area contributed by atoms with Crippen LogP contribution in [0.4, 0.5) is 0 Å². The van der Waals surface area contributed by atoms with Crippen molar-refractivity contribution >= 4 is 0 Å². The van der Waals surface area contributed by atoms with Crippen LogP contribution in [0.2, 0.25) is 0 Å². The highest BCUT2D eigenvalue weighted by Crippen LogP contribution is 2.44. The number of fused-ring (bicyclic) bond motifs is 2. The van der Waals surface area contributed by atoms with Gasteiger partial charge in [-0.3, -0.25) is 0 Å². The highest BCUT2D eigenvalue weighted by Gasteiger charge is 2.39. The minimum atomic E-state index is 0.680. The largest absolute Gasteiger partial charge is 0.311 e. The van der Waals surface area contributed by atoms with Crippen molar-refractivity contribution in [2.24, 2.45) is 11.8 Å². The first-order chi connectivity index (χ1) is 5.25. The summed E-state index contributed by atoms with van der Waals surface area (Å²) in [5.41, 5.74) is 0. The zero-order valence-electron chi connectivity index (χ0n) is 7.64. The molecule has 0 spiro atoms. The van der Waals surface area contributed by atoms with Crippen LogP contribution in [0.15, 0.2) is 0 Å². The predicted octanol–water partition coefficient (Wildman–Crippen LogP) is 2.17. The van der Waals surface area contributed by atoms with Gasteiger partial charge in [0.2, 0.25) is 0 Å². The molecule has 2 aliphatic rings. The molecule has 0 aliphatic heterocycles. The molecule has 2 fully saturated rings. The number of hydrogen-bond donors (Lipinski definition) is 1. The van der Waals surface area contributed by atoms with Gasteiger partial charge in [0.05, 0.1) is 0 Å². The summed E-state index contributed by atoms with van der Waals surface area (Å²) in [5.74, 6) is 2.11. The minimum absolute atomic E-state index is 0.680. The van der Waals surface area contributed by atoms with Crippen molar-refractivity contribution in [3.05, 3.63) is 0 Å². The summed E-state index contributed by atoms with van der Waals surface area (Å²) in [6, 6.07) is 1.55. The van der Waals surface area contributed by atoms with Gasteiger partial charge in [0.15, 0.2) is 0 Å². The molecule has 3 atom stereocenters. The Labute approximate surface area is 69.6 Å². The first kappa shape index (κ1) is 7.60. The molecule has 2 aliphatic carbocycles. The van der Waals surface area contributed by atoms with Crippen LogP contribution in [-0.2, 0) is 0 Å². The fraction of sp³-hybridized carbons (Fsp3) is 1.00. The molecule has 11 heavy (non-hydrogen) atoms. The monoisotopic (exact) mass is 153 g/mol. The van der Waals surface area contributed by atoms with Gasteiger partial charge in [-0.2, -0.15) is 0 Å². The Morgan fingerprint density at radius 1 is 1.18 bits per heavy atom. The van der Waals surface area contributed by atoms with Gasteiger partial charge in [-0.15, -0.1) is 0 Å². The van der Waals surface area contributed by atoms with Gasteiger partial charge in [0, 0.05) is 12.1 Å². The van der Waals surface area contributed by atoms with Crippen LogP contribution in [-0.4, -0.2) is 12.1 Å². The number of nitrogens with one attached hydrogen (secondary N) is 1. The zero-order valence-corrected chi connectivity index (χ0v) is 7.64. The first-order valence-electron chi connectivity index (χ1n) is 5.01. The Morgan fingerprint density at radius 3 is 2.45 bits per heavy atom. The molecule has 0 heterocycles. The van der Waals surface area contributed by atoms with E-state index in [0.29, 0.717) is 6.04 Å². The summed E-state index contributed by atoms with van der Waals surface area (Å²) < 4.78 is 0. The smallest absolute Gasteiger partial charge is 0.0100 e. The standard InChI is InChI=1S/C10H19N/c1-7(2)11-10-6-8-3-4-9(10)5-8/h7-11H,3-6H2,1-2H3/t8-,9+,10+/m0/s1. The molecule has 1 nitrogen and oxygen atoms in total. The summed E-state index contributed by atoms with van der Waals surface area (Å²) in [6.07, 6.45) is 5.99. The fourth-order valence-electron chi connectivity index (χ4n) is 2.88. The molecular weight excluding hydrogens is 134 g/mol. The van der Waals surface area contributed by atoms with E-state index in [1.54, 1.807) is 0 Å². The quantitative estimate of drug-likeness (QED) is 0.641. The van der Waals surface area contributed by atoms with Gasteiger partial charge < -0.3 is 5.32 Å². The molecule has 0 aromatic carbocycles. The normalized spacial score (nSPS) is 42.3. The van der Waals surface area contributed by atoms with Crippen LogP contribution < -0.4 is 5.32 Å². The fourth-order valence-corrected chi connectivity index (χ4v) is 2.88. The van der Waals surface area contributed by atoms with E-state index >= 15 is 0 Å². The van der Waals surface area contributed by atoms with Crippen LogP contribution in [0.25, 0.3) is 0 Å². The second-order valence-corrected chi connectivity index (χ2v) is 4.60. The molecule has 2 saturated carbocycles. The molecule has 0 aromatic rings. The summed E-state index contributed by atoms with van der Waals surface area (Å²) in [7, 11) is 0. The van der Waals surface area contributed by atoms with Gasteiger partial charge in [-0.05, 0) is 31.1 Å². The van der Waals surface area contributed by atoms with Crippen molar-refractivity contribution < 1.29 is 0 Å². The molecular formula is C10H19N. The average molecular weight is 153 g/mol. The van der Waals surface area contributed by atoms with E-state index < -0.39 is 0 Å². The predicted molar refractivity (Wildman–Crippen MR) is 47.5 cm³/mol. The zero-order chi connectivity index (χ0) is 7.84. The van der Waals surface area contributed by atoms with E-state index in [1.807, 2.05) is 0 Å². The van der Waals surface area contributed by atoms with Crippen LogP contribution in [0.1, 0.15) is 39.5 Å². The second kappa shape index (κ2) is 2.78. The molecule has 2 rings (SSSR count). The summed E-state index contributed by atoms with van der Waals surface area (Å²) >= 11 is 0. The first-order valence-corrected chi connectivity index (χ1v) is 5.01. The van der Waals surface area contributed by atoms with Crippen molar-refractivity contribution in [3.8, 4) is 0 Å². The molecule has 1 heteroatoms. The topological polar surface area (TPSA) is 12.0 Å². The van der Waals surface area contributed by atoms with Crippen molar-refractivity contribution in [2.45, 2.75) is 51.6 Å². The summed E-state index contributed by atoms with van der Waals surface area (Å²) in [5, 5.41) is 3.67. The van der Waals surface area contributed by atoms with Crippen molar-refractivity contribution in [2.75, 3.05) is 0 Å². The Morgan fingerprint density at radius 2 is 2.00 bits per heavy atom. The maximum atomic E-state index is 3.67. The van der Waals surface area contributed by atoms with Crippen LogP contribution in [0, 0.1) is 11.8 Å². The van der Waals surface area contributed by atoms with E-state index in [0.717, 1.165) is 17.9 Å². The SMILES string of the molecule is CC(C)N[C@@H]1C[C@H]2CC[C@@H]1C2. The Hall–Kier alpha value is -0.0400. The molecule has 2 bridgehead atoms. The number of hydrogen-bond acceptors (Lipinski definition) is 1. The van der Waals surface area contributed by atoms with Crippen molar-refractivity contribution in [1.82, 2.24) is 5.32 Å². The molecule has 1 N–H and O–H groups in total. The molecule has 0 radical (unpaired) electrons. The maximum absolute atomic E-state index is 3.67. The number of rotatable bonds is 2. The Balaban J connectivity index is 1.87. The molecule has 0 amide bonds. The van der Waals surface area contributed by atoms with Gasteiger partial charge in [-0.25, -0.2) is 0 Å².